The van der Waals surface area contributed by atoms with Crippen LogP contribution in [0.1, 0.15) is 13.8 Å². The van der Waals surface area contributed by atoms with Gasteiger partial charge in [-0.3, -0.25) is 0 Å². The van der Waals surface area contributed by atoms with Gasteiger partial charge in [-0.05, 0) is 26.0 Å². The molecule has 0 aliphatic heterocycles. The standard InChI is InChI=1S/2C5H8O3.H2S/c2*1-2-3-4(6)5(7)8;/h2*2-4,6H,1H3,(H,7,8);1H2. The molecule has 0 fully saturated rings. The van der Waals surface area contributed by atoms with E-state index >= 15 is 0 Å². The van der Waals surface area contributed by atoms with Crippen molar-refractivity contribution in [1.82, 2.24) is 0 Å². The molecule has 0 aliphatic carbocycles. The molecule has 2 atom stereocenters. The lowest BCUT2D eigenvalue weighted by atomic mass is 10.3. The SMILES string of the molecule is CC=CC(O)C(=O)O.CC=CC(O)C(=O)O.S. The van der Waals surface area contributed by atoms with Crippen molar-refractivity contribution in [2.24, 2.45) is 0 Å². The van der Waals surface area contributed by atoms with Gasteiger partial charge >= 0.3 is 11.9 Å². The maximum atomic E-state index is 9.79. The summed E-state index contributed by atoms with van der Waals surface area (Å²) >= 11 is 0. The lowest BCUT2D eigenvalue weighted by Crippen LogP contribution is -2.15. The Hall–Kier alpha value is -1.31. The van der Waals surface area contributed by atoms with E-state index < -0.39 is 24.1 Å². The molecule has 0 amide bonds. The molecular weight excluding hydrogens is 248 g/mol. The molecule has 6 nitrogen and oxygen atoms in total. The number of hydrogen-bond donors (Lipinski definition) is 4. The highest BCUT2D eigenvalue weighted by Gasteiger charge is 2.06. The maximum Gasteiger partial charge on any atom is 0.336 e. The van der Waals surface area contributed by atoms with Crippen molar-refractivity contribution in [1.29, 1.82) is 0 Å². The minimum atomic E-state index is -1.35. The highest BCUT2D eigenvalue weighted by molar-refractivity contribution is 7.59. The van der Waals surface area contributed by atoms with E-state index in [-0.39, 0.29) is 13.5 Å². The van der Waals surface area contributed by atoms with Gasteiger partial charge in [0.15, 0.2) is 12.2 Å². The number of carboxylic acids is 2. The number of aliphatic carboxylic acids is 2. The number of rotatable bonds is 4. The van der Waals surface area contributed by atoms with Crippen molar-refractivity contribution in [3.05, 3.63) is 24.3 Å². The number of hydrogen-bond acceptors (Lipinski definition) is 4. The summed E-state index contributed by atoms with van der Waals surface area (Å²) in [4.78, 5) is 19.6. The minimum Gasteiger partial charge on any atom is -0.479 e. The van der Waals surface area contributed by atoms with Crippen LogP contribution in [0.4, 0.5) is 0 Å². The number of carboxylic acid groups (broad SMARTS) is 2. The molecule has 0 heterocycles. The summed E-state index contributed by atoms with van der Waals surface area (Å²) < 4.78 is 0. The van der Waals surface area contributed by atoms with E-state index in [9.17, 15) is 9.59 Å². The van der Waals surface area contributed by atoms with Gasteiger partial charge in [-0.15, -0.1) is 0 Å². The third kappa shape index (κ3) is 14.7. The van der Waals surface area contributed by atoms with Gasteiger partial charge in [0.1, 0.15) is 0 Å². The van der Waals surface area contributed by atoms with Crippen LogP contribution in [0.25, 0.3) is 0 Å². The van der Waals surface area contributed by atoms with E-state index in [1.165, 1.54) is 24.3 Å². The summed E-state index contributed by atoms with van der Waals surface area (Å²) in [6.07, 6.45) is 2.67. The number of allylic oxidation sites excluding steroid dienone is 2. The Morgan fingerprint density at radius 1 is 0.882 bits per heavy atom. The molecule has 0 saturated carbocycles. The molecule has 0 aliphatic rings. The van der Waals surface area contributed by atoms with Crippen molar-refractivity contribution in [2.45, 2.75) is 26.1 Å². The molecule has 0 radical (unpaired) electrons. The lowest BCUT2D eigenvalue weighted by molar-refractivity contribution is -0.144. The van der Waals surface area contributed by atoms with Crippen molar-refractivity contribution < 1.29 is 30.0 Å². The van der Waals surface area contributed by atoms with Crippen LogP contribution in [-0.2, 0) is 9.59 Å². The van der Waals surface area contributed by atoms with Crippen molar-refractivity contribution >= 4 is 25.4 Å². The molecule has 0 aromatic carbocycles. The Balaban J connectivity index is -0.000000218. The molecule has 0 bridgehead atoms. The number of carbonyl (C=O) groups is 2. The van der Waals surface area contributed by atoms with Gasteiger partial charge < -0.3 is 20.4 Å². The highest BCUT2D eigenvalue weighted by atomic mass is 32.1. The van der Waals surface area contributed by atoms with Crippen LogP contribution in [0.3, 0.4) is 0 Å². The molecule has 0 rings (SSSR count). The van der Waals surface area contributed by atoms with Crippen LogP contribution < -0.4 is 0 Å². The van der Waals surface area contributed by atoms with E-state index in [2.05, 4.69) is 0 Å². The normalized spacial score (nSPS) is 13.4. The second kappa shape index (κ2) is 12.8. The Kier molecular flexibility index (Phi) is 15.8. The predicted octanol–water partition coefficient (Wildman–Crippen LogP) is 0.129. The number of aliphatic hydroxyl groups is 2. The second-order valence-electron chi connectivity index (χ2n) is 2.62. The summed E-state index contributed by atoms with van der Waals surface area (Å²) in [5, 5.41) is 32.9. The van der Waals surface area contributed by atoms with Crippen LogP contribution in [0.2, 0.25) is 0 Å². The average molecular weight is 266 g/mol. The monoisotopic (exact) mass is 266 g/mol. The fraction of sp³-hybridized carbons (Fsp3) is 0.400. The van der Waals surface area contributed by atoms with E-state index in [0.29, 0.717) is 0 Å². The Labute approximate surface area is 106 Å². The third-order valence-electron chi connectivity index (χ3n) is 1.26. The Morgan fingerprint density at radius 3 is 1.18 bits per heavy atom. The first-order valence-corrected chi connectivity index (χ1v) is 4.44. The summed E-state index contributed by atoms with van der Waals surface area (Å²) in [7, 11) is 0. The van der Waals surface area contributed by atoms with Crippen molar-refractivity contribution in [3.8, 4) is 0 Å². The van der Waals surface area contributed by atoms with E-state index in [1.807, 2.05) is 0 Å². The average Bonchev–Trinajstić information content (AvgIpc) is 2.19. The largest absolute Gasteiger partial charge is 0.479 e. The van der Waals surface area contributed by atoms with Crippen LogP contribution in [0.5, 0.6) is 0 Å². The predicted molar refractivity (Wildman–Crippen MR) is 67.3 cm³/mol. The smallest absolute Gasteiger partial charge is 0.336 e. The molecular formula is C10H18O6S. The number of aliphatic hydroxyl groups excluding tert-OH is 2. The zero-order valence-corrected chi connectivity index (χ0v) is 10.6. The fourth-order valence-corrected chi connectivity index (χ4v) is 0.529. The van der Waals surface area contributed by atoms with Crippen LogP contribution >= 0.6 is 13.5 Å². The van der Waals surface area contributed by atoms with Gasteiger partial charge in [0.05, 0.1) is 0 Å². The summed E-state index contributed by atoms with van der Waals surface area (Å²) in [6, 6.07) is 0. The Bertz CT molecular complexity index is 246. The first kappa shape index (κ1) is 21.0. The summed E-state index contributed by atoms with van der Waals surface area (Å²) in [6.45, 7) is 3.29. The Morgan fingerprint density at radius 2 is 1.12 bits per heavy atom. The van der Waals surface area contributed by atoms with Crippen LogP contribution in [0.15, 0.2) is 24.3 Å². The fourth-order valence-electron chi connectivity index (χ4n) is 0.529. The molecule has 0 spiro atoms. The molecule has 4 N–H and O–H groups in total. The highest BCUT2D eigenvalue weighted by Crippen LogP contribution is 1.84. The van der Waals surface area contributed by atoms with Crippen LogP contribution in [-0.4, -0.2) is 44.6 Å². The maximum absolute atomic E-state index is 9.79. The van der Waals surface area contributed by atoms with E-state index in [1.54, 1.807) is 13.8 Å². The van der Waals surface area contributed by atoms with Gasteiger partial charge in [-0.1, -0.05) is 12.2 Å². The van der Waals surface area contributed by atoms with Gasteiger partial charge in [-0.25, -0.2) is 9.59 Å². The van der Waals surface area contributed by atoms with Gasteiger partial charge in [-0.2, -0.15) is 13.5 Å². The summed E-state index contributed by atoms with van der Waals surface area (Å²) in [5.74, 6) is -2.44. The molecule has 0 aromatic rings. The third-order valence-corrected chi connectivity index (χ3v) is 1.26. The van der Waals surface area contributed by atoms with E-state index in [0.717, 1.165) is 0 Å². The topological polar surface area (TPSA) is 115 Å². The summed E-state index contributed by atoms with van der Waals surface area (Å²) in [5.41, 5.74) is 0. The zero-order chi connectivity index (χ0) is 13.1. The molecule has 100 valence electrons. The minimum absolute atomic E-state index is 0. The van der Waals surface area contributed by atoms with Gasteiger partial charge in [0, 0.05) is 0 Å². The van der Waals surface area contributed by atoms with Crippen molar-refractivity contribution in [3.63, 3.8) is 0 Å². The molecule has 7 heteroatoms. The van der Waals surface area contributed by atoms with Gasteiger partial charge in [0.25, 0.3) is 0 Å². The van der Waals surface area contributed by atoms with Crippen LogP contribution in [0, 0.1) is 0 Å². The second-order valence-corrected chi connectivity index (χ2v) is 2.62. The first-order valence-electron chi connectivity index (χ1n) is 4.44. The quantitative estimate of drug-likeness (QED) is 0.538. The lowest BCUT2D eigenvalue weighted by Gasteiger charge is -1.93. The molecule has 0 saturated heterocycles. The molecule has 17 heavy (non-hydrogen) atoms. The first-order chi connectivity index (χ1) is 7.36. The van der Waals surface area contributed by atoms with Crippen molar-refractivity contribution in [2.75, 3.05) is 0 Å². The molecule has 0 aromatic heterocycles. The van der Waals surface area contributed by atoms with E-state index in [4.69, 9.17) is 20.4 Å². The van der Waals surface area contributed by atoms with Gasteiger partial charge in [0.2, 0.25) is 0 Å². The zero-order valence-electron chi connectivity index (χ0n) is 9.57. The molecule has 2 unspecified atom stereocenters.